The summed E-state index contributed by atoms with van der Waals surface area (Å²) in [4.78, 5) is 21.9. The Balaban J connectivity index is 2.73. The van der Waals surface area contributed by atoms with Crippen LogP contribution in [0.15, 0.2) is 24.3 Å². The SMILES string of the molecule is CC(NC(=O)Nc1ccccc1N([O-])O)C(=O)O. The van der Waals surface area contributed by atoms with Gasteiger partial charge in [0.2, 0.25) is 0 Å². The van der Waals surface area contributed by atoms with Crippen molar-refractivity contribution in [3.63, 3.8) is 0 Å². The van der Waals surface area contributed by atoms with Crippen molar-refractivity contribution in [3.05, 3.63) is 29.5 Å². The van der Waals surface area contributed by atoms with Gasteiger partial charge in [0.25, 0.3) is 0 Å². The molecule has 0 aliphatic heterocycles. The van der Waals surface area contributed by atoms with Crippen molar-refractivity contribution < 1.29 is 19.9 Å². The number of anilines is 2. The summed E-state index contributed by atoms with van der Waals surface area (Å²) < 4.78 is 0. The highest BCUT2D eigenvalue weighted by Crippen LogP contribution is 2.23. The number of hydrogen-bond acceptors (Lipinski definition) is 5. The summed E-state index contributed by atoms with van der Waals surface area (Å²) >= 11 is 0. The number of rotatable bonds is 4. The van der Waals surface area contributed by atoms with Gasteiger partial charge in [-0.3, -0.25) is 10.0 Å². The summed E-state index contributed by atoms with van der Waals surface area (Å²) in [6, 6.07) is 3.86. The number of amides is 2. The molecule has 0 saturated heterocycles. The van der Waals surface area contributed by atoms with Crippen LogP contribution in [0, 0.1) is 5.21 Å². The minimum absolute atomic E-state index is 0.0603. The van der Waals surface area contributed by atoms with Crippen LogP contribution in [0.4, 0.5) is 16.2 Å². The zero-order chi connectivity index (χ0) is 13.7. The van der Waals surface area contributed by atoms with Crippen LogP contribution < -0.4 is 15.9 Å². The van der Waals surface area contributed by atoms with Crippen LogP contribution in [0.1, 0.15) is 6.92 Å². The molecule has 18 heavy (non-hydrogen) atoms. The highest BCUT2D eigenvalue weighted by atomic mass is 16.8. The highest BCUT2D eigenvalue weighted by Gasteiger charge is 2.14. The third-order valence-corrected chi connectivity index (χ3v) is 2.08. The first-order valence-corrected chi connectivity index (χ1v) is 4.97. The lowest BCUT2D eigenvalue weighted by Gasteiger charge is -2.24. The van der Waals surface area contributed by atoms with E-state index in [1.807, 2.05) is 0 Å². The van der Waals surface area contributed by atoms with Crippen LogP contribution in [-0.2, 0) is 4.79 Å². The number of carboxylic acid groups (broad SMARTS) is 1. The molecule has 1 aromatic carbocycles. The lowest BCUT2D eigenvalue weighted by Crippen LogP contribution is -2.41. The third-order valence-electron chi connectivity index (χ3n) is 2.08. The molecule has 1 aromatic rings. The zero-order valence-corrected chi connectivity index (χ0v) is 9.45. The second kappa shape index (κ2) is 5.84. The molecule has 98 valence electrons. The first kappa shape index (κ1) is 13.7. The number of benzene rings is 1. The lowest BCUT2D eigenvalue weighted by atomic mass is 10.2. The van der Waals surface area contributed by atoms with Crippen LogP contribution in [0.25, 0.3) is 0 Å². The first-order chi connectivity index (χ1) is 8.41. The summed E-state index contributed by atoms with van der Waals surface area (Å²) in [5.41, 5.74) is -0.0966. The molecule has 0 aliphatic rings. The van der Waals surface area contributed by atoms with Crippen LogP contribution >= 0.6 is 0 Å². The molecular weight excluding hydrogens is 242 g/mol. The largest absolute Gasteiger partial charge is 0.733 e. The predicted octanol–water partition coefficient (Wildman–Crippen LogP) is 0.975. The number of para-hydroxylation sites is 2. The molecule has 8 nitrogen and oxygen atoms in total. The van der Waals surface area contributed by atoms with Gasteiger partial charge >= 0.3 is 12.0 Å². The Morgan fingerprint density at radius 2 is 2.00 bits per heavy atom. The van der Waals surface area contributed by atoms with Gasteiger partial charge in [0.1, 0.15) is 6.04 Å². The number of carbonyl (C=O) groups is 2. The van der Waals surface area contributed by atoms with Crippen LogP contribution in [0.2, 0.25) is 0 Å². The Kier molecular flexibility index (Phi) is 4.46. The van der Waals surface area contributed by atoms with E-state index in [0.29, 0.717) is 0 Å². The molecule has 2 amide bonds. The average molecular weight is 254 g/mol. The normalized spacial score (nSPS) is 11.5. The maximum Gasteiger partial charge on any atom is 0.325 e. The number of hydrogen-bond donors (Lipinski definition) is 4. The monoisotopic (exact) mass is 254 g/mol. The topological polar surface area (TPSA) is 125 Å². The minimum Gasteiger partial charge on any atom is -0.733 e. The molecule has 0 heterocycles. The minimum atomic E-state index is -1.19. The van der Waals surface area contributed by atoms with Gasteiger partial charge in [-0.15, -0.1) is 0 Å². The molecule has 0 spiro atoms. The van der Waals surface area contributed by atoms with E-state index in [2.05, 4.69) is 10.6 Å². The fourth-order valence-electron chi connectivity index (χ4n) is 1.16. The Morgan fingerprint density at radius 1 is 1.39 bits per heavy atom. The van der Waals surface area contributed by atoms with Crippen LogP contribution in [0.5, 0.6) is 0 Å². The summed E-state index contributed by atoms with van der Waals surface area (Å²) in [5.74, 6) is -1.19. The molecule has 8 heteroatoms. The van der Waals surface area contributed by atoms with Gasteiger partial charge in [0, 0.05) is 0 Å². The zero-order valence-electron chi connectivity index (χ0n) is 9.45. The molecular formula is C10H12N3O5-. The van der Waals surface area contributed by atoms with Crippen molar-refractivity contribution in [1.82, 2.24) is 5.32 Å². The van der Waals surface area contributed by atoms with E-state index in [-0.39, 0.29) is 11.4 Å². The maximum absolute atomic E-state index is 11.4. The van der Waals surface area contributed by atoms with Crippen molar-refractivity contribution in [2.24, 2.45) is 0 Å². The fourth-order valence-corrected chi connectivity index (χ4v) is 1.16. The fraction of sp³-hybridized carbons (Fsp3) is 0.200. The number of urea groups is 1. The molecule has 0 saturated carbocycles. The van der Waals surface area contributed by atoms with E-state index in [4.69, 9.17) is 10.3 Å². The van der Waals surface area contributed by atoms with Crippen LogP contribution in [0.3, 0.4) is 0 Å². The predicted molar refractivity (Wildman–Crippen MR) is 63.3 cm³/mol. The molecule has 1 atom stereocenters. The van der Waals surface area contributed by atoms with Crippen molar-refractivity contribution in [2.75, 3.05) is 10.5 Å². The number of carboxylic acids is 1. The Hall–Kier alpha value is -2.32. The Bertz CT molecular complexity index is 449. The molecule has 0 aromatic heterocycles. The van der Waals surface area contributed by atoms with Gasteiger partial charge in [-0.2, -0.15) is 0 Å². The van der Waals surface area contributed by atoms with E-state index in [9.17, 15) is 14.8 Å². The smallest absolute Gasteiger partial charge is 0.325 e. The number of nitrogens with one attached hydrogen (secondary N) is 2. The van der Waals surface area contributed by atoms with Crippen molar-refractivity contribution in [2.45, 2.75) is 13.0 Å². The van der Waals surface area contributed by atoms with E-state index in [1.165, 1.54) is 25.1 Å². The van der Waals surface area contributed by atoms with Gasteiger partial charge in [0.05, 0.1) is 11.4 Å². The third kappa shape index (κ3) is 3.61. The van der Waals surface area contributed by atoms with Gasteiger partial charge in [-0.05, 0) is 19.1 Å². The van der Waals surface area contributed by atoms with Crippen molar-refractivity contribution in [1.29, 1.82) is 0 Å². The van der Waals surface area contributed by atoms with Crippen molar-refractivity contribution >= 4 is 23.4 Å². The quantitative estimate of drug-likeness (QED) is 0.593. The summed E-state index contributed by atoms with van der Waals surface area (Å²) in [6.07, 6.45) is 0. The highest BCUT2D eigenvalue weighted by molar-refractivity contribution is 5.95. The molecule has 0 aliphatic carbocycles. The number of aliphatic carboxylic acids is 1. The molecule has 0 bridgehead atoms. The van der Waals surface area contributed by atoms with Gasteiger partial charge in [-0.1, -0.05) is 12.1 Å². The van der Waals surface area contributed by atoms with Gasteiger partial charge in [-0.25, -0.2) is 4.79 Å². The van der Waals surface area contributed by atoms with Crippen LogP contribution in [-0.4, -0.2) is 28.4 Å². The lowest BCUT2D eigenvalue weighted by molar-refractivity contribution is -0.138. The molecule has 1 unspecified atom stereocenters. The first-order valence-electron chi connectivity index (χ1n) is 4.97. The summed E-state index contributed by atoms with van der Waals surface area (Å²) in [7, 11) is 0. The number of nitrogens with zero attached hydrogens (tertiary/aromatic N) is 1. The van der Waals surface area contributed by atoms with Gasteiger partial charge in [0.15, 0.2) is 0 Å². The van der Waals surface area contributed by atoms with E-state index >= 15 is 0 Å². The Labute approximate surface area is 102 Å². The average Bonchev–Trinajstić information content (AvgIpc) is 2.28. The van der Waals surface area contributed by atoms with Crippen molar-refractivity contribution in [3.8, 4) is 0 Å². The second-order valence-corrected chi connectivity index (χ2v) is 3.45. The maximum atomic E-state index is 11.4. The van der Waals surface area contributed by atoms with E-state index < -0.39 is 23.3 Å². The van der Waals surface area contributed by atoms with E-state index in [0.717, 1.165) is 0 Å². The molecule has 4 N–H and O–H groups in total. The molecule has 0 fully saturated rings. The standard InChI is InChI=1S/C10H12N3O5/c1-6(9(14)15)11-10(16)12-7-4-2-3-5-8(7)13(17)18/h2-6,17H,1H3,(H,14,15)(H2,11,12,16)/q-1. The van der Waals surface area contributed by atoms with Gasteiger partial charge < -0.3 is 26.2 Å². The molecule has 1 rings (SSSR count). The van der Waals surface area contributed by atoms with E-state index in [1.54, 1.807) is 6.07 Å². The second-order valence-electron chi connectivity index (χ2n) is 3.45. The molecule has 0 radical (unpaired) electrons. The Morgan fingerprint density at radius 3 is 2.56 bits per heavy atom. The summed E-state index contributed by atoms with van der Waals surface area (Å²) in [5, 5.41) is 32.2. The number of carbonyl (C=O) groups excluding carboxylic acids is 1. The summed E-state index contributed by atoms with van der Waals surface area (Å²) in [6.45, 7) is 1.29.